The van der Waals surface area contributed by atoms with Crippen molar-refractivity contribution in [3.63, 3.8) is 0 Å². The highest BCUT2D eigenvalue weighted by atomic mass is 32.2. The number of piperidine rings is 1. The van der Waals surface area contributed by atoms with Crippen LogP contribution in [0.2, 0.25) is 0 Å². The van der Waals surface area contributed by atoms with E-state index in [1.807, 2.05) is 30.3 Å². The highest BCUT2D eigenvalue weighted by Crippen LogP contribution is 2.31. The zero-order valence-corrected chi connectivity index (χ0v) is 18.3. The molecule has 2 aliphatic rings. The van der Waals surface area contributed by atoms with Gasteiger partial charge in [0, 0.05) is 25.7 Å². The number of likely N-dealkylation sites (tertiary alicyclic amines) is 1. The number of carbonyl (C=O) groups is 2. The topological polar surface area (TPSA) is 75.2 Å². The molecule has 1 aromatic heterocycles. The quantitative estimate of drug-likeness (QED) is 0.724. The Bertz CT molecular complexity index is 945. The van der Waals surface area contributed by atoms with Crippen LogP contribution in [0.1, 0.15) is 53.2 Å². The number of anilines is 1. The predicted molar refractivity (Wildman–Crippen MR) is 123 cm³/mol. The molecule has 2 heterocycles. The normalized spacial score (nSPS) is 18.6. The molecule has 30 heavy (non-hydrogen) atoms. The van der Waals surface area contributed by atoms with Crippen LogP contribution in [-0.4, -0.2) is 49.7 Å². The summed E-state index contributed by atoms with van der Waals surface area (Å²) in [6.45, 7) is 1.94. The number of ketones is 1. The van der Waals surface area contributed by atoms with Gasteiger partial charge in [0.15, 0.2) is 5.78 Å². The van der Waals surface area contributed by atoms with Crippen molar-refractivity contribution in [3.05, 3.63) is 53.3 Å². The summed E-state index contributed by atoms with van der Waals surface area (Å²) >= 11 is 6.82. The standard InChI is InChI=1S/C22H24N4O2S2/c27-19-12-16(15-7-3-1-4-8-15)11-18-17(19)13-23-21(24-18)25-20(28)14-30-22(29)26-9-5-2-6-10-26/h1,3-4,7-8,13,16H,2,5-6,9-12,14H2,(H,23,24,25,28)/t16-/m0/s1. The van der Waals surface area contributed by atoms with Gasteiger partial charge < -0.3 is 4.90 Å². The Morgan fingerprint density at radius 3 is 2.70 bits per heavy atom. The summed E-state index contributed by atoms with van der Waals surface area (Å²) in [5.74, 6) is 0.416. The number of fused-ring (bicyclic) bond motifs is 1. The summed E-state index contributed by atoms with van der Waals surface area (Å²) in [5.41, 5.74) is 2.38. The number of amides is 1. The molecule has 1 N–H and O–H groups in total. The van der Waals surface area contributed by atoms with Crippen molar-refractivity contribution in [2.75, 3.05) is 24.2 Å². The molecule has 1 amide bonds. The molecule has 0 saturated carbocycles. The molecule has 1 fully saturated rings. The second-order valence-electron chi connectivity index (χ2n) is 7.64. The van der Waals surface area contributed by atoms with Crippen LogP contribution in [0, 0.1) is 0 Å². The maximum Gasteiger partial charge on any atom is 0.237 e. The van der Waals surface area contributed by atoms with Crippen molar-refractivity contribution in [1.29, 1.82) is 0 Å². The van der Waals surface area contributed by atoms with Gasteiger partial charge in [0.2, 0.25) is 11.9 Å². The van der Waals surface area contributed by atoms with Gasteiger partial charge in [-0.05, 0) is 37.2 Å². The molecular formula is C22H24N4O2S2. The Balaban J connectivity index is 1.37. The summed E-state index contributed by atoms with van der Waals surface area (Å²) < 4.78 is 0.771. The van der Waals surface area contributed by atoms with Crippen LogP contribution in [0.5, 0.6) is 0 Å². The number of nitrogens with one attached hydrogen (secondary N) is 1. The van der Waals surface area contributed by atoms with E-state index in [9.17, 15) is 9.59 Å². The Labute approximate surface area is 185 Å². The second-order valence-corrected chi connectivity index (χ2v) is 9.25. The summed E-state index contributed by atoms with van der Waals surface area (Å²) in [6.07, 6.45) is 6.19. The fraction of sp³-hybridized carbons (Fsp3) is 0.409. The zero-order valence-electron chi connectivity index (χ0n) is 16.7. The Hall–Kier alpha value is -2.32. The van der Waals surface area contributed by atoms with E-state index in [1.54, 1.807) is 0 Å². The van der Waals surface area contributed by atoms with E-state index in [-0.39, 0.29) is 29.3 Å². The minimum atomic E-state index is -0.193. The monoisotopic (exact) mass is 440 g/mol. The number of thioether (sulfide) groups is 1. The van der Waals surface area contributed by atoms with E-state index in [0.717, 1.165) is 35.8 Å². The van der Waals surface area contributed by atoms with Gasteiger partial charge in [0.1, 0.15) is 4.32 Å². The highest BCUT2D eigenvalue weighted by molar-refractivity contribution is 8.23. The molecule has 2 aromatic rings. The lowest BCUT2D eigenvalue weighted by atomic mass is 9.82. The van der Waals surface area contributed by atoms with Crippen LogP contribution in [-0.2, 0) is 11.2 Å². The van der Waals surface area contributed by atoms with Gasteiger partial charge in [-0.3, -0.25) is 14.9 Å². The summed E-state index contributed by atoms with van der Waals surface area (Å²) in [6, 6.07) is 10.00. The first-order valence-corrected chi connectivity index (χ1v) is 11.6. The molecule has 1 saturated heterocycles. The fourth-order valence-corrected chi connectivity index (χ4v) is 4.97. The van der Waals surface area contributed by atoms with E-state index in [1.165, 1.54) is 24.4 Å². The number of Topliss-reactive ketones (excluding diaryl/α,β-unsaturated/α-hetero) is 1. The minimum absolute atomic E-state index is 0.0467. The molecule has 8 heteroatoms. The van der Waals surface area contributed by atoms with Crippen LogP contribution in [0.4, 0.5) is 5.95 Å². The number of hydrogen-bond acceptors (Lipinski definition) is 6. The molecule has 1 aliphatic carbocycles. The van der Waals surface area contributed by atoms with Crippen LogP contribution >= 0.6 is 24.0 Å². The van der Waals surface area contributed by atoms with Crippen molar-refractivity contribution < 1.29 is 9.59 Å². The molecule has 0 bridgehead atoms. The zero-order chi connectivity index (χ0) is 20.9. The number of carbonyl (C=O) groups excluding carboxylic acids is 2. The molecule has 1 aliphatic heterocycles. The molecule has 1 aromatic carbocycles. The van der Waals surface area contributed by atoms with Gasteiger partial charge in [-0.25, -0.2) is 9.97 Å². The van der Waals surface area contributed by atoms with Gasteiger partial charge in [-0.2, -0.15) is 0 Å². The molecule has 0 unspecified atom stereocenters. The Morgan fingerprint density at radius 2 is 1.93 bits per heavy atom. The van der Waals surface area contributed by atoms with Crippen LogP contribution in [0.15, 0.2) is 36.5 Å². The third-order valence-electron chi connectivity index (χ3n) is 5.50. The van der Waals surface area contributed by atoms with Crippen molar-refractivity contribution in [2.24, 2.45) is 0 Å². The van der Waals surface area contributed by atoms with E-state index in [0.29, 0.717) is 24.1 Å². The first-order valence-electron chi connectivity index (χ1n) is 10.3. The first-order chi connectivity index (χ1) is 14.6. The highest BCUT2D eigenvalue weighted by Gasteiger charge is 2.28. The van der Waals surface area contributed by atoms with Crippen LogP contribution < -0.4 is 5.32 Å². The third-order valence-corrected chi connectivity index (χ3v) is 7.03. The average molecular weight is 441 g/mol. The van der Waals surface area contributed by atoms with Gasteiger partial charge in [-0.15, -0.1) is 0 Å². The summed E-state index contributed by atoms with van der Waals surface area (Å²) in [4.78, 5) is 35.7. The fourth-order valence-electron chi connectivity index (χ4n) is 3.92. The summed E-state index contributed by atoms with van der Waals surface area (Å²) in [7, 11) is 0. The van der Waals surface area contributed by atoms with Gasteiger partial charge in [0.05, 0.1) is 17.0 Å². The van der Waals surface area contributed by atoms with E-state index in [2.05, 4.69) is 20.2 Å². The number of nitrogens with zero attached hydrogens (tertiary/aromatic N) is 3. The lowest BCUT2D eigenvalue weighted by Crippen LogP contribution is -2.33. The smallest absolute Gasteiger partial charge is 0.237 e. The molecule has 4 rings (SSSR count). The first kappa shape index (κ1) is 20.9. The molecule has 6 nitrogen and oxygen atoms in total. The number of benzene rings is 1. The summed E-state index contributed by atoms with van der Waals surface area (Å²) in [5, 5.41) is 2.75. The van der Waals surface area contributed by atoms with Crippen molar-refractivity contribution in [1.82, 2.24) is 14.9 Å². The predicted octanol–water partition coefficient (Wildman–Crippen LogP) is 3.83. The molecule has 156 valence electrons. The van der Waals surface area contributed by atoms with Crippen LogP contribution in [0.3, 0.4) is 0 Å². The van der Waals surface area contributed by atoms with E-state index in [4.69, 9.17) is 12.2 Å². The number of hydrogen-bond donors (Lipinski definition) is 1. The molecule has 0 radical (unpaired) electrons. The molecule has 1 atom stereocenters. The molecule has 0 spiro atoms. The third kappa shape index (κ3) is 5.05. The van der Waals surface area contributed by atoms with E-state index >= 15 is 0 Å². The van der Waals surface area contributed by atoms with Crippen molar-refractivity contribution in [2.45, 2.75) is 38.0 Å². The van der Waals surface area contributed by atoms with Gasteiger partial charge in [0.25, 0.3) is 0 Å². The lowest BCUT2D eigenvalue weighted by Gasteiger charge is -2.28. The van der Waals surface area contributed by atoms with Gasteiger partial charge >= 0.3 is 0 Å². The minimum Gasteiger partial charge on any atom is -0.358 e. The SMILES string of the molecule is O=C(CSC(=S)N1CCCCC1)Nc1ncc2c(n1)C[C@H](c1ccccc1)CC2=O. The van der Waals surface area contributed by atoms with Gasteiger partial charge in [-0.1, -0.05) is 54.3 Å². The molecular weight excluding hydrogens is 416 g/mol. The maximum atomic E-state index is 12.5. The maximum absolute atomic E-state index is 12.5. The Kier molecular flexibility index (Phi) is 6.74. The number of thiocarbonyl (C=S) groups is 1. The van der Waals surface area contributed by atoms with Crippen LogP contribution in [0.25, 0.3) is 0 Å². The largest absolute Gasteiger partial charge is 0.358 e. The van der Waals surface area contributed by atoms with E-state index < -0.39 is 0 Å². The van der Waals surface area contributed by atoms with Crippen molar-refractivity contribution >= 4 is 45.9 Å². The Morgan fingerprint density at radius 1 is 1.17 bits per heavy atom. The average Bonchev–Trinajstić information content (AvgIpc) is 2.78. The number of rotatable bonds is 4. The number of aromatic nitrogens is 2. The van der Waals surface area contributed by atoms with Crippen molar-refractivity contribution in [3.8, 4) is 0 Å². The second kappa shape index (κ2) is 9.66. The lowest BCUT2D eigenvalue weighted by molar-refractivity contribution is -0.113.